The van der Waals surface area contributed by atoms with E-state index in [1.807, 2.05) is 12.1 Å². The highest BCUT2D eigenvalue weighted by Gasteiger charge is 2.26. The molecular formula is C18H22Cl2N2O6. The van der Waals surface area contributed by atoms with Crippen LogP contribution in [0.15, 0.2) is 30.4 Å². The van der Waals surface area contributed by atoms with Crippen LogP contribution in [-0.2, 0) is 19.1 Å². The Kier molecular flexibility index (Phi) is 10.5. The Labute approximate surface area is 172 Å². The number of halogens is 2. The van der Waals surface area contributed by atoms with Crippen molar-refractivity contribution in [2.45, 2.75) is 13.0 Å². The van der Waals surface area contributed by atoms with E-state index >= 15 is 0 Å². The lowest BCUT2D eigenvalue weighted by atomic mass is 9.95. The molecule has 0 bridgehead atoms. The molecule has 8 nitrogen and oxygen atoms in total. The third kappa shape index (κ3) is 9.18. The Morgan fingerprint density at radius 1 is 1.21 bits per heavy atom. The number of carboxylic acid groups (broad SMARTS) is 2. The van der Waals surface area contributed by atoms with E-state index in [4.69, 9.17) is 38.2 Å². The van der Waals surface area contributed by atoms with Crippen LogP contribution in [0.25, 0.3) is 0 Å². The SMILES string of the molecule is CC(=O)NC[C@H]1CNCCO[C@@H]1c1ccc(Cl)c(Cl)c1.O=C(O)/C=C/C(=O)O. The van der Waals surface area contributed by atoms with Crippen LogP contribution in [0.2, 0.25) is 10.0 Å². The Balaban J connectivity index is 0.000000416. The molecule has 1 aromatic carbocycles. The second-order valence-electron chi connectivity index (χ2n) is 5.88. The van der Waals surface area contributed by atoms with Gasteiger partial charge in [0, 0.05) is 44.6 Å². The van der Waals surface area contributed by atoms with Gasteiger partial charge in [-0.3, -0.25) is 4.79 Å². The number of hydrogen-bond donors (Lipinski definition) is 4. The van der Waals surface area contributed by atoms with Crippen molar-refractivity contribution in [1.29, 1.82) is 0 Å². The largest absolute Gasteiger partial charge is 0.478 e. The molecular weight excluding hydrogens is 411 g/mol. The molecule has 1 aliphatic rings. The quantitative estimate of drug-likeness (QED) is 0.525. The van der Waals surface area contributed by atoms with Gasteiger partial charge in [0.05, 0.1) is 22.8 Å². The first-order chi connectivity index (χ1) is 13.2. The first-order valence-corrected chi connectivity index (χ1v) is 9.12. The molecule has 1 fully saturated rings. The molecule has 0 radical (unpaired) electrons. The molecule has 28 heavy (non-hydrogen) atoms. The van der Waals surface area contributed by atoms with Crippen molar-refractivity contribution in [3.05, 3.63) is 46.0 Å². The predicted octanol–water partition coefficient (Wildman–Crippen LogP) is 2.12. The van der Waals surface area contributed by atoms with E-state index in [-0.39, 0.29) is 17.9 Å². The predicted molar refractivity (Wildman–Crippen MR) is 105 cm³/mol. The zero-order valence-corrected chi connectivity index (χ0v) is 16.7. The highest BCUT2D eigenvalue weighted by atomic mass is 35.5. The van der Waals surface area contributed by atoms with Gasteiger partial charge >= 0.3 is 11.9 Å². The van der Waals surface area contributed by atoms with Gasteiger partial charge in [-0.15, -0.1) is 0 Å². The number of rotatable bonds is 5. The summed E-state index contributed by atoms with van der Waals surface area (Å²) < 4.78 is 5.91. The molecule has 1 amide bonds. The number of carboxylic acids is 2. The first kappa shape index (κ1) is 23.9. The molecule has 1 aliphatic heterocycles. The maximum absolute atomic E-state index is 11.1. The van der Waals surface area contributed by atoms with Crippen LogP contribution < -0.4 is 10.6 Å². The van der Waals surface area contributed by atoms with Gasteiger partial charge < -0.3 is 25.6 Å². The molecule has 1 aromatic rings. The molecule has 4 N–H and O–H groups in total. The lowest BCUT2D eigenvalue weighted by molar-refractivity contribution is -0.134. The third-order valence-corrected chi connectivity index (χ3v) is 4.40. The Morgan fingerprint density at radius 3 is 2.39 bits per heavy atom. The van der Waals surface area contributed by atoms with E-state index in [0.717, 1.165) is 18.7 Å². The van der Waals surface area contributed by atoms with E-state index in [0.29, 0.717) is 35.3 Å². The normalized spacial score (nSPS) is 19.2. The molecule has 0 unspecified atom stereocenters. The van der Waals surface area contributed by atoms with E-state index in [9.17, 15) is 14.4 Å². The van der Waals surface area contributed by atoms with E-state index in [1.165, 1.54) is 6.92 Å². The highest BCUT2D eigenvalue weighted by Crippen LogP contribution is 2.31. The van der Waals surface area contributed by atoms with Crippen LogP contribution in [0.3, 0.4) is 0 Å². The molecule has 0 aliphatic carbocycles. The average Bonchev–Trinajstić information content (AvgIpc) is 2.86. The number of nitrogens with one attached hydrogen (secondary N) is 2. The minimum absolute atomic E-state index is 0.0397. The summed E-state index contributed by atoms with van der Waals surface area (Å²) in [5.41, 5.74) is 0.985. The minimum Gasteiger partial charge on any atom is -0.478 e. The summed E-state index contributed by atoms with van der Waals surface area (Å²) in [6.45, 7) is 4.29. The number of aliphatic carboxylic acids is 2. The van der Waals surface area contributed by atoms with Gasteiger partial charge in [0.1, 0.15) is 0 Å². The fourth-order valence-corrected chi connectivity index (χ4v) is 2.75. The standard InChI is InChI=1S/C14H18Cl2N2O2.C4H4O4/c1-9(19)18-8-11-7-17-4-5-20-14(11)10-2-3-12(15)13(16)6-10;5-3(6)1-2-4(7)8/h2-3,6,11,14,17H,4-5,7-8H2,1H3,(H,18,19);1-2H,(H,5,6)(H,7,8)/b;2-1+/t11-,14-;/m1./s1. The summed E-state index contributed by atoms with van der Waals surface area (Å²) in [6, 6.07) is 5.53. The van der Waals surface area contributed by atoms with E-state index in [2.05, 4.69) is 10.6 Å². The van der Waals surface area contributed by atoms with Crippen molar-refractivity contribution in [2.75, 3.05) is 26.2 Å². The second kappa shape index (κ2) is 12.4. The molecule has 0 saturated carbocycles. The van der Waals surface area contributed by atoms with Crippen LogP contribution in [-0.4, -0.2) is 54.3 Å². The van der Waals surface area contributed by atoms with Gasteiger partial charge in [-0.1, -0.05) is 29.3 Å². The third-order valence-electron chi connectivity index (χ3n) is 3.66. The van der Waals surface area contributed by atoms with Gasteiger partial charge in [0.25, 0.3) is 0 Å². The van der Waals surface area contributed by atoms with Crippen molar-refractivity contribution in [3.63, 3.8) is 0 Å². The number of ether oxygens (including phenoxy) is 1. The number of benzene rings is 1. The van der Waals surface area contributed by atoms with Gasteiger partial charge in [0.2, 0.25) is 5.91 Å². The van der Waals surface area contributed by atoms with Gasteiger partial charge in [-0.2, -0.15) is 0 Å². The van der Waals surface area contributed by atoms with Crippen molar-refractivity contribution in [2.24, 2.45) is 5.92 Å². The highest BCUT2D eigenvalue weighted by molar-refractivity contribution is 6.42. The van der Waals surface area contributed by atoms with Gasteiger partial charge in [-0.05, 0) is 17.7 Å². The van der Waals surface area contributed by atoms with Crippen LogP contribution in [0.5, 0.6) is 0 Å². The lowest BCUT2D eigenvalue weighted by Crippen LogP contribution is -2.35. The monoisotopic (exact) mass is 432 g/mol. The van der Waals surface area contributed by atoms with Crippen molar-refractivity contribution in [1.82, 2.24) is 10.6 Å². The number of carbonyl (C=O) groups is 3. The molecule has 10 heteroatoms. The first-order valence-electron chi connectivity index (χ1n) is 8.36. The summed E-state index contributed by atoms with van der Waals surface area (Å²) >= 11 is 12.0. The minimum atomic E-state index is -1.26. The van der Waals surface area contributed by atoms with Crippen LogP contribution in [0.1, 0.15) is 18.6 Å². The van der Waals surface area contributed by atoms with Crippen LogP contribution in [0.4, 0.5) is 0 Å². The zero-order chi connectivity index (χ0) is 21.1. The van der Waals surface area contributed by atoms with Crippen molar-refractivity contribution in [3.8, 4) is 0 Å². The number of hydrogen-bond acceptors (Lipinski definition) is 5. The summed E-state index contributed by atoms with van der Waals surface area (Å²) in [5, 5.41) is 22.8. The number of carbonyl (C=O) groups excluding carboxylic acids is 1. The topological polar surface area (TPSA) is 125 Å². The maximum atomic E-state index is 11.1. The van der Waals surface area contributed by atoms with E-state index < -0.39 is 11.9 Å². The fourth-order valence-electron chi connectivity index (χ4n) is 2.44. The average molecular weight is 433 g/mol. The number of amides is 1. The van der Waals surface area contributed by atoms with Crippen molar-refractivity contribution < 1.29 is 29.3 Å². The molecule has 1 saturated heterocycles. The van der Waals surface area contributed by atoms with Gasteiger partial charge in [-0.25, -0.2) is 9.59 Å². The van der Waals surface area contributed by atoms with E-state index in [1.54, 1.807) is 6.07 Å². The molecule has 2 atom stereocenters. The smallest absolute Gasteiger partial charge is 0.328 e. The second-order valence-corrected chi connectivity index (χ2v) is 6.69. The summed E-state index contributed by atoms with van der Waals surface area (Å²) in [7, 11) is 0. The van der Waals surface area contributed by atoms with Crippen LogP contribution in [0, 0.1) is 5.92 Å². The molecule has 154 valence electrons. The summed E-state index contributed by atoms with van der Waals surface area (Å²) in [5.74, 6) is -2.40. The fraction of sp³-hybridized carbons (Fsp3) is 0.389. The molecule has 1 heterocycles. The molecule has 0 spiro atoms. The lowest BCUT2D eigenvalue weighted by Gasteiger charge is -2.25. The van der Waals surface area contributed by atoms with Crippen molar-refractivity contribution >= 4 is 41.0 Å². The Hall–Kier alpha value is -2.13. The summed E-state index contributed by atoms with van der Waals surface area (Å²) in [6.07, 6.45) is 1.01. The Bertz CT molecular complexity index is 710. The molecule has 0 aromatic heterocycles. The maximum Gasteiger partial charge on any atom is 0.328 e. The zero-order valence-electron chi connectivity index (χ0n) is 15.2. The Morgan fingerprint density at radius 2 is 1.86 bits per heavy atom. The molecule has 2 rings (SSSR count). The van der Waals surface area contributed by atoms with Gasteiger partial charge in [0.15, 0.2) is 0 Å². The van der Waals surface area contributed by atoms with Crippen LogP contribution >= 0.6 is 23.2 Å². The summed E-state index contributed by atoms with van der Waals surface area (Å²) in [4.78, 5) is 30.2.